The van der Waals surface area contributed by atoms with E-state index in [0.29, 0.717) is 22.5 Å². The lowest BCUT2D eigenvalue weighted by Crippen LogP contribution is -2.36. The highest BCUT2D eigenvalue weighted by molar-refractivity contribution is 6.42. The van der Waals surface area contributed by atoms with Crippen molar-refractivity contribution in [2.24, 2.45) is 5.92 Å². The summed E-state index contributed by atoms with van der Waals surface area (Å²) < 4.78 is 0. The van der Waals surface area contributed by atoms with E-state index < -0.39 is 6.10 Å². The molecule has 1 atom stereocenters. The van der Waals surface area contributed by atoms with E-state index in [1.807, 2.05) is 0 Å². The molecule has 1 N–H and O–H groups in total. The molecule has 0 heterocycles. The minimum atomic E-state index is -0.400. The van der Waals surface area contributed by atoms with Crippen LogP contribution in [0.5, 0.6) is 0 Å². The van der Waals surface area contributed by atoms with Gasteiger partial charge in [0.1, 0.15) is 0 Å². The molecule has 0 radical (unpaired) electrons. The number of carbonyl (C=O) groups is 1. The molecule has 19 heavy (non-hydrogen) atoms. The SMILES string of the molecule is CN(C[C@@H](O)C1CC1)C(=O)Cc1ccc(Cl)c(Cl)c1. The molecule has 0 aromatic heterocycles. The van der Waals surface area contributed by atoms with Crippen molar-refractivity contribution in [1.29, 1.82) is 0 Å². The maximum Gasteiger partial charge on any atom is 0.226 e. The zero-order valence-corrected chi connectivity index (χ0v) is 12.3. The van der Waals surface area contributed by atoms with Crippen LogP contribution < -0.4 is 0 Å². The number of hydrogen-bond donors (Lipinski definition) is 1. The molecular weight excluding hydrogens is 285 g/mol. The van der Waals surface area contributed by atoms with E-state index in [2.05, 4.69) is 0 Å². The fourth-order valence-electron chi connectivity index (χ4n) is 1.97. The van der Waals surface area contributed by atoms with Crippen molar-refractivity contribution in [2.75, 3.05) is 13.6 Å². The molecule has 0 bridgehead atoms. The van der Waals surface area contributed by atoms with Crippen LogP contribution in [-0.2, 0) is 11.2 Å². The van der Waals surface area contributed by atoms with Crippen LogP contribution in [0.1, 0.15) is 18.4 Å². The number of aliphatic hydroxyl groups excluding tert-OH is 1. The van der Waals surface area contributed by atoms with Crippen molar-refractivity contribution in [1.82, 2.24) is 4.90 Å². The quantitative estimate of drug-likeness (QED) is 0.908. The molecule has 5 heteroatoms. The van der Waals surface area contributed by atoms with Crippen molar-refractivity contribution in [3.8, 4) is 0 Å². The van der Waals surface area contributed by atoms with Crippen molar-refractivity contribution < 1.29 is 9.90 Å². The summed E-state index contributed by atoms with van der Waals surface area (Å²) in [5, 5.41) is 10.8. The molecule has 1 aliphatic carbocycles. The van der Waals surface area contributed by atoms with Gasteiger partial charge in [-0.1, -0.05) is 29.3 Å². The lowest BCUT2D eigenvalue weighted by molar-refractivity contribution is -0.130. The second kappa shape index (κ2) is 6.12. The van der Waals surface area contributed by atoms with Gasteiger partial charge in [-0.3, -0.25) is 4.79 Å². The molecule has 1 amide bonds. The minimum absolute atomic E-state index is 0.0295. The monoisotopic (exact) mass is 301 g/mol. The Morgan fingerprint density at radius 2 is 2.11 bits per heavy atom. The number of halogens is 2. The lowest BCUT2D eigenvalue weighted by Gasteiger charge is -2.20. The van der Waals surface area contributed by atoms with Crippen LogP contribution in [0.15, 0.2) is 18.2 Å². The Hall–Kier alpha value is -0.770. The number of hydrogen-bond acceptors (Lipinski definition) is 2. The summed E-state index contributed by atoms with van der Waals surface area (Å²) in [7, 11) is 1.71. The van der Waals surface area contributed by atoms with Gasteiger partial charge in [0.25, 0.3) is 0 Å². The van der Waals surface area contributed by atoms with E-state index in [1.54, 1.807) is 30.1 Å². The number of carbonyl (C=O) groups excluding carboxylic acids is 1. The normalized spacial score (nSPS) is 16.2. The first-order valence-electron chi connectivity index (χ1n) is 6.33. The molecule has 1 fully saturated rings. The van der Waals surface area contributed by atoms with Gasteiger partial charge in [0.15, 0.2) is 0 Å². The van der Waals surface area contributed by atoms with Crippen molar-refractivity contribution in [3.63, 3.8) is 0 Å². The largest absolute Gasteiger partial charge is 0.391 e. The maximum atomic E-state index is 12.0. The third-order valence-corrected chi connectivity index (χ3v) is 4.13. The van der Waals surface area contributed by atoms with Crippen molar-refractivity contribution in [2.45, 2.75) is 25.4 Å². The van der Waals surface area contributed by atoms with Gasteiger partial charge in [-0.25, -0.2) is 0 Å². The first kappa shape index (κ1) is 14.6. The molecule has 1 aliphatic rings. The first-order valence-corrected chi connectivity index (χ1v) is 7.09. The molecule has 0 unspecified atom stereocenters. The van der Waals surface area contributed by atoms with Gasteiger partial charge in [-0.15, -0.1) is 0 Å². The molecule has 1 aromatic carbocycles. The number of aliphatic hydroxyl groups is 1. The summed E-state index contributed by atoms with van der Waals surface area (Å²) in [6, 6.07) is 5.18. The highest BCUT2D eigenvalue weighted by Crippen LogP contribution is 2.32. The molecule has 104 valence electrons. The van der Waals surface area contributed by atoms with Crippen molar-refractivity contribution >= 4 is 29.1 Å². The summed E-state index contributed by atoms with van der Waals surface area (Å²) >= 11 is 11.7. The van der Waals surface area contributed by atoms with E-state index in [1.165, 1.54) is 0 Å². The van der Waals surface area contributed by atoms with Crippen LogP contribution in [0.2, 0.25) is 10.0 Å². The second-order valence-electron chi connectivity index (χ2n) is 5.10. The molecule has 1 aromatic rings. The molecule has 2 rings (SSSR count). The standard InChI is InChI=1S/C14H17Cl2NO2/c1-17(8-13(18)10-3-4-10)14(19)7-9-2-5-11(15)12(16)6-9/h2,5-6,10,13,18H,3-4,7-8H2,1H3/t13-/m1/s1. The average molecular weight is 302 g/mol. The third kappa shape index (κ3) is 4.10. The summed E-state index contributed by atoms with van der Waals surface area (Å²) in [6.45, 7) is 0.394. The highest BCUT2D eigenvalue weighted by Gasteiger charge is 2.31. The summed E-state index contributed by atoms with van der Waals surface area (Å²) in [5.41, 5.74) is 0.826. The van der Waals surface area contributed by atoms with Gasteiger partial charge < -0.3 is 10.0 Å². The minimum Gasteiger partial charge on any atom is -0.391 e. The van der Waals surface area contributed by atoms with Crippen LogP contribution in [0, 0.1) is 5.92 Å². The van der Waals surface area contributed by atoms with Crippen LogP contribution in [0.3, 0.4) is 0 Å². The summed E-state index contributed by atoms with van der Waals surface area (Å²) in [5.74, 6) is 0.346. The van der Waals surface area contributed by atoms with Gasteiger partial charge >= 0.3 is 0 Å². The Kier molecular flexibility index (Phi) is 4.71. The lowest BCUT2D eigenvalue weighted by atomic mass is 10.1. The smallest absolute Gasteiger partial charge is 0.226 e. The topological polar surface area (TPSA) is 40.5 Å². The van der Waals surface area contributed by atoms with E-state index in [0.717, 1.165) is 18.4 Å². The Morgan fingerprint density at radius 1 is 1.42 bits per heavy atom. The Labute approximate surface area is 123 Å². The fourth-order valence-corrected chi connectivity index (χ4v) is 2.29. The average Bonchev–Trinajstić information content (AvgIpc) is 3.17. The van der Waals surface area contributed by atoms with Gasteiger partial charge in [-0.2, -0.15) is 0 Å². The fraction of sp³-hybridized carbons (Fsp3) is 0.500. The van der Waals surface area contributed by atoms with E-state index in [9.17, 15) is 9.90 Å². The van der Waals surface area contributed by atoms with Gasteiger partial charge in [-0.05, 0) is 36.5 Å². The molecule has 3 nitrogen and oxygen atoms in total. The van der Waals surface area contributed by atoms with E-state index in [-0.39, 0.29) is 12.3 Å². The predicted octanol–water partition coefficient (Wildman–Crippen LogP) is 2.77. The summed E-state index contributed by atoms with van der Waals surface area (Å²) in [4.78, 5) is 13.6. The zero-order valence-electron chi connectivity index (χ0n) is 10.8. The Morgan fingerprint density at radius 3 is 2.68 bits per heavy atom. The second-order valence-corrected chi connectivity index (χ2v) is 5.92. The van der Waals surface area contributed by atoms with Crippen LogP contribution in [0.25, 0.3) is 0 Å². The Balaban J connectivity index is 1.90. The van der Waals surface area contributed by atoms with Gasteiger partial charge in [0.2, 0.25) is 5.91 Å². The van der Waals surface area contributed by atoms with Crippen molar-refractivity contribution in [3.05, 3.63) is 33.8 Å². The summed E-state index contributed by atoms with van der Waals surface area (Å²) in [6.07, 6.45) is 2.00. The first-order chi connectivity index (χ1) is 8.97. The number of nitrogens with zero attached hydrogens (tertiary/aromatic N) is 1. The molecule has 1 saturated carbocycles. The molecule has 0 aliphatic heterocycles. The molecule has 0 saturated heterocycles. The van der Waals surface area contributed by atoms with Crippen LogP contribution in [0.4, 0.5) is 0 Å². The van der Waals surface area contributed by atoms with Gasteiger partial charge in [0.05, 0.1) is 22.6 Å². The Bertz CT molecular complexity index is 475. The number of rotatable bonds is 5. The number of amides is 1. The predicted molar refractivity (Wildman–Crippen MR) is 76.5 cm³/mol. The zero-order chi connectivity index (χ0) is 14.0. The van der Waals surface area contributed by atoms with Crippen LogP contribution in [-0.4, -0.2) is 35.6 Å². The third-order valence-electron chi connectivity index (χ3n) is 3.39. The van der Waals surface area contributed by atoms with Crippen LogP contribution >= 0.6 is 23.2 Å². The molecule has 0 spiro atoms. The maximum absolute atomic E-state index is 12.0. The van der Waals surface area contributed by atoms with E-state index >= 15 is 0 Å². The van der Waals surface area contributed by atoms with Gasteiger partial charge in [0, 0.05) is 13.6 Å². The molecular formula is C14H17Cl2NO2. The highest BCUT2D eigenvalue weighted by atomic mass is 35.5. The number of likely N-dealkylation sites (N-methyl/N-ethyl adjacent to an activating group) is 1. The van der Waals surface area contributed by atoms with E-state index in [4.69, 9.17) is 23.2 Å². The number of benzene rings is 1.